The Hall–Kier alpha value is -4.26. The summed E-state index contributed by atoms with van der Waals surface area (Å²) < 4.78 is 5.35. The first-order valence-electron chi connectivity index (χ1n) is 10.7. The highest BCUT2D eigenvalue weighted by molar-refractivity contribution is 6.30. The molecule has 0 atom stereocenters. The van der Waals surface area contributed by atoms with Gasteiger partial charge in [0.2, 0.25) is 0 Å². The van der Waals surface area contributed by atoms with Crippen molar-refractivity contribution in [3.63, 3.8) is 0 Å². The highest BCUT2D eigenvalue weighted by atomic mass is 35.5. The molecule has 2 N–H and O–H groups in total. The lowest BCUT2D eigenvalue weighted by Gasteiger charge is -2.27. The van der Waals surface area contributed by atoms with Crippen LogP contribution in [0.2, 0.25) is 5.02 Å². The predicted octanol–water partition coefficient (Wildman–Crippen LogP) is 4.95. The molecule has 0 aliphatic heterocycles. The Kier molecular flexibility index (Phi) is 7.35. The number of halogens is 1. The Bertz CT molecular complexity index is 1280. The number of nitrogens with one attached hydrogen (secondary N) is 1. The number of nitrogens with zero attached hydrogens (tertiary/aromatic N) is 1. The lowest BCUT2D eigenvalue weighted by molar-refractivity contribution is -0.136. The van der Waals surface area contributed by atoms with E-state index in [9.17, 15) is 14.7 Å². The van der Waals surface area contributed by atoms with E-state index in [1.807, 2.05) is 0 Å². The zero-order valence-electron chi connectivity index (χ0n) is 18.5. The van der Waals surface area contributed by atoms with Gasteiger partial charge in [0.05, 0.1) is 11.8 Å². The lowest BCUT2D eigenvalue weighted by atomic mass is 9.85. The summed E-state index contributed by atoms with van der Waals surface area (Å²) in [4.78, 5) is 25.3. The Morgan fingerprint density at radius 1 is 0.800 bits per heavy atom. The molecule has 7 heteroatoms. The summed E-state index contributed by atoms with van der Waals surface area (Å²) in [6, 6.07) is 30.3. The summed E-state index contributed by atoms with van der Waals surface area (Å²) in [6.07, 6.45) is 1.43. The van der Waals surface area contributed by atoms with Gasteiger partial charge in [-0.05, 0) is 65.2 Å². The van der Waals surface area contributed by atoms with Gasteiger partial charge in [-0.3, -0.25) is 4.79 Å². The number of ether oxygens (including phenoxy) is 1. The maximum Gasteiger partial charge on any atom is 0.343 e. The van der Waals surface area contributed by atoms with Crippen molar-refractivity contribution in [2.75, 3.05) is 0 Å². The summed E-state index contributed by atoms with van der Waals surface area (Å²) in [5.74, 6) is -0.843. The molecule has 174 valence electrons. The summed E-state index contributed by atoms with van der Waals surface area (Å²) in [5, 5.41) is 15.9. The van der Waals surface area contributed by atoms with Gasteiger partial charge in [-0.2, -0.15) is 5.10 Å². The van der Waals surface area contributed by atoms with Crippen molar-refractivity contribution in [1.29, 1.82) is 0 Å². The Balaban J connectivity index is 1.43. The van der Waals surface area contributed by atoms with E-state index in [4.69, 9.17) is 16.3 Å². The van der Waals surface area contributed by atoms with Crippen molar-refractivity contribution in [2.45, 2.75) is 5.60 Å². The van der Waals surface area contributed by atoms with E-state index in [-0.39, 0.29) is 0 Å². The normalized spacial score (nSPS) is 11.3. The van der Waals surface area contributed by atoms with E-state index in [0.29, 0.717) is 33.0 Å². The van der Waals surface area contributed by atoms with Crippen LogP contribution in [0, 0.1) is 0 Å². The molecule has 6 nitrogen and oxygen atoms in total. The van der Waals surface area contributed by atoms with E-state index in [1.54, 1.807) is 109 Å². The topological polar surface area (TPSA) is 88.0 Å². The third kappa shape index (κ3) is 5.63. The Morgan fingerprint density at radius 3 is 1.89 bits per heavy atom. The SMILES string of the molecule is O=C(Oc1ccc(/C=N/NC(=O)C(O)(c2ccccc2)c2ccccc2)cc1)c1ccc(Cl)cc1. The molecule has 0 radical (unpaired) electrons. The standard InChI is InChI=1S/C28H21ClN2O4/c29-24-15-13-21(14-16-24)26(32)35-25-17-11-20(12-18-25)19-30-31-27(33)28(34,22-7-3-1-4-8-22)23-9-5-2-6-10-23/h1-19,34H,(H,31,33)/b30-19+. The van der Waals surface area contributed by atoms with E-state index in [0.717, 1.165) is 0 Å². The summed E-state index contributed by atoms with van der Waals surface area (Å²) in [6.45, 7) is 0. The summed E-state index contributed by atoms with van der Waals surface area (Å²) >= 11 is 5.84. The molecule has 1 amide bonds. The molecule has 35 heavy (non-hydrogen) atoms. The first-order valence-corrected chi connectivity index (χ1v) is 11.1. The average Bonchev–Trinajstić information content (AvgIpc) is 2.90. The molecule has 0 fully saturated rings. The number of carbonyl (C=O) groups is 2. The third-order valence-corrected chi connectivity index (χ3v) is 5.51. The van der Waals surface area contributed by atoms with Crippen LogP contribution in [0.25, 0.3) is 0 Å². The average molecular weight is 485 g/mol. The number of rotatable bonds is 7. The molecule has 0 unspecified atom stereocenters. The van der Waals surface area contributed by atoms with Gasteiger partial charge in [-0.25, -0.2) is 10.2 Å². The molecule has 0 saturated carbocycles. The Morgan fingerprint density at radius 2 is 1.34 bits per heavy atom. The molecule has 0 spiro atoms. The summed E-state index contributed by atoms with van der Waals surface area (Å²) in [5.41, 5.74) is 2.39. The van der Waals surface area contributed by atoms with Crippen molar-refractivity contribution in [1.82, 2.24) is 5.43 Å². The van der Waals surface area contributed by atoms with E-state index >= 15 is 0 Å². The minimum absolute atomic E-state index is 0.355. The predicted molar refractivity (Wildman–Crippen MR) is 134 cm³/mol. The van der Waals surface area contributed by atoms with E-state index in [2.05, 4.69) is 10.5 Å². The molecule has 4 aromatic rings. The van der Waals surface area contributed by atoms with E-state index < -0.39 is 17.5 Å². The first-order chi connectivity index (χ1) is 17.0. The number of amides is 1. The van der Waals surface area contributed by atoms with Gasteiger partial charge in [-0.1, -0.05) is 72.3 Å². The molecular weight excluding hydrogens is 464 g/mol. The number of aliphatic hydroxyl groups is 1. The molecule has 0 saturated heterocycles. The van der Waals surface area contributed by atoms with Crippen LogP contribution in [0.1, 0.15) is 27.0 Å². The van der Waals surface area contributed by atoms with Crippen LogP contribution < -0.4 is 10.2 Å². The molecule has 0 bridgehead atoms. The number of hydrazone groups is 1. The molecule has 0 heterocycles. The zero-order chi connectivity index (χ0) is 24.7. The summed E-state index contributed by atoms with van der Waals surface area (Å²) in [7, 11) is 0. The van der Waals surface area contributed by atoms with E-state index in [1.165, 1.54) is 6.21 Å². The van der Waals surface area contributed by atoms with Gasteiger partial charge in [0.1, 0.15) is 5.75 Å². The molecule has 0 aromatic heterocycles. The second kappa shape index (κ2) is 10.8. The molecular formula is C28H21ClN2O4. The number of carbonyl (C=O) groups excluding carboxylic acids is 2. The quantitative estimate of drug-likeness (QED) is 0.168. The fourth-order valence-electron chi connectivity index (χ4n) is 3.41. The minimum atomic E-state index is -1.92. The first kappa shape index (κ1) is 23.9. The van der Waals surface area contributed by atoms with Crippen LogP contribution in [0.15, 0.2) is 114 Å². The number of benzene rings is 4. The van der Waals surface area contributed by atoms with Gasteiger partial charge in [-0.15, -0.1) is 0 Å². The van der Waals surface area contributed by atoms with Crippen LogP contribution in [0.4, 0.5) is 0 Å². The van der Waals surface area contributed by atoms with Crippen LogP contribution >= 0.6 is 11.6 Å². The fourth-order valence-corrected chi connectivity index (χ4v) is 3.53. The van der Waals surface area contributed by atoms with Crippen LogP contribution in [-0.4, -0.2) is 23.2 Å². The minimum Gasteiger partial charge on any atom is -0.423 e. The monoisotopic (exact) mass is 484 g/mol. The fraction of sp³-hybridized carbons (Fsp3) is 0.0357. The largest absolute Gasteiger partial charge is 0.423 e. The lowest BCUT2D eigenvalue weighted by Crippen LogP contribution is -2.43. The van der Waals surface area contributed by atoms with Crippen molar-refractivity contribution in [3.8, 4) is 5.75 Å². The molecule has 0 aliphatic rings. The van der Waals surface area contributed by atoms with Crippen molar-refractivity contribution in [3.05, 3.63) is 136 Å². The highest BCUT2D eigenvalue weighted by Gasteiger charge is 2.39. The van der Waals surface area contributed by atoms with Crippen molar-refractivity contribution < 1.29 is 19.4 Å². The van der Waals surface area contributed by atoms with Gasteiger partial charge >= 0.3 is 5.97 Å². The smallest absolute Gasteiger partial charge is 0.343 e. The zero-order valence-corrected chi connectivity index (χ0v) is 19.2. The second-order valence-electron chi connectivity index (χ2n) is 7.61. The Labute approximate surface area is 207 Å². The maximum absolute atomic E-state index is 13.0. The van der Waals surface area contributed by atoms with Gasteiger partial charge in [0.25, 0.3) is 5.91 Å². The maximum atomic E-state index is 13.0. The molecule has 0 aliphatic carbocycles. The number of esters is 1. The molecule has 4 rings (SSSR count). The van der Waals surface area contributed by atoms with Crippen LogP contribution in [-0.2, 0) is 10.4 Å². The molecule has 4 aromatic carbocycles. The van der Waals surface area contributed by atoms with Crippen molar-refractivity contribution in [2.24, 2.45) is 5.10 Å². The van der Waals surface area contributed by atoms with Gasteiger partial charge in [0, 0.05) is 5.02 Å². The number of hydrogen-bond donors (Lipinski definition) is 2. The third-order valence-electron chi connectivity index (χ3n) is 5.26. The van der Waals surface area contributed by atoms with Gasteiger partial charge in [0.15, 0.2) is 5.60 Å². The van der Waals surface area contributed by atoms with Gasteiger partial charge < -0.3 is 9.84 Å². The second-order valence-corrected chi connectivity index (χ2v) is 8.04. The van der Waals surface area contributed by atoms with Crippen molar-refractivity contribution >= 4 is 29.7 Å². The highest BCUT2D eigenvalue weighted by Crippen LogP contribution is 2.29. The number of hydrogen-bond acceptors (Lipinski definition) is 5. The van der Waals surface area contributed by atoms with Crippen LogP contribution in [0.5, 0.6) is 5.75 Å². The van der Waals surface area contributed by atoms with Crippen LogP contribution in [0.3, 0.4) is 0 Å².